The van der Waals surface area contributed by atoms with Gasteiger partial charge in [-0.2, -0.15) is 0 Å². The summed E-state index contributed by atoms with van der Waals surface area (Å²) in [7, 11) is 0. The Morgan fingerprint density at radius 3 is 2.50 bits per heavy atom. The third-order valence-electron chi connectivity index (χ3n) is 2.51. The Morgan fingerprint density at radius 2 is 1.90 bits per heavy atom. The summed E-state index contributed by atoms with van der Waals surface area (Å²) in [6.45, 7) is 4.70. The molecule has 1 atom stereocenters. The highest BCUT2D eigenvalue weighted by atomic mass is 16.6. The Kier molecular flexibility index (Phi) is 7.69. The molecule has 1 unspecified atom stereocenters. The second-order valence-electron chi connectivity index (χ2n) is 4.33. The summed E-state index contributed by atoms with van der Waals surface area (Å²) in [5, 5.41) is 9.83. The fourth-order valence-electron chi connectivity index (χ4n) is 1.51. The molecule has 0 aliphatic heterocycles. The lowest BCUT2D eigenvalue weighted by Gasteiger charge is -2.13. The van der Waals surface area contributed by atoms with Gasteiger partial charge in [0.15, 0.2) is 6.29 Å². The Hall–Kier alpha value is -1.59. The van der Waals surface area contributed by atoms with E-state index in [1.54, 1.807) is 24.3 Å². The van der Waals surface area contributed by atoms with Crippen LogP contribution in [0.5, 0.6) is 5.75 Å². The lowest BCUT2D eigenvalue weighted by molar-refractivity contribution is -0.142. The molecule has 5 heteroatoms. The van der Waals surface area contributed by atoms with Crippen LogP contribution < -0.4 is 4.74 Å². The first kappa shape index (κ1) is 16.5. The summed E-state index contributed by atoms with van der Waals surface area (Å²) in [6.07, 6.45) is 0.525. The van der Waals surface area contributed by atoms with Gasteiger partial charge < -0.3 is 19.3 Å². The van der Waals surface area contributed by atoms with E-state index in [2.05, 4.69) is 0 Å². The zero-order valence-corrected chi connectivity index (χ0v) is 12.0. The lowest BCUT2D eigenvalue weighted by atomic mass is 10.2. The maximum absolute atomic E-state index is 10.5. The molecule has 5 nitrogen and oxygen atoms in total. The van der Waals surface area contributed by atoms with Crippen LogP contribution >= 0.6 is 0 Å². The van der Waals surface area contributed by atoms with E-state index in [9.17, 15) is 9.90 Å². The molecule has 0 saturated heterocycles. The third-order valence-corrected chi connectivity index (χ3v) is 2.51. The van der Waals surface area contributed by atoms with Crippen LogP contribution in [-0.2, 0) is 14.3 Å². The van der Waals surface area contributed by atoms with Gasteiger partial charge in [0.2, 0.25) is 0 Å². The summed E-state index contributed by atoms with van der Waals surface area (Å²) < 4.78 is 15.5. The van der Waals surface area contributed by atoms with E-state index in [1.165, 1.54) is 6.92 Å². The van der Waals surface area contributed by atoms with Crippen molar-refractivity contribution in [2.45, 2.75) is 33.0 Å². The first-order valence-electron chi connectivity index (χ1n) is 6.79. The zero-order valence-electron chi connectivity index (χ0n) is 12.0. The topological polar surface area (TPSA) is 65.0 Å². The number of aliphatic hydroxyl groups excluding tert-OH is 1. The Morgan fingerprint density at radius 1 is 1.20 bits per heavy atom. The summed E-state index contributed by atoms with van der Waals surface area (Å²) in [5.74, 6) is 0.464. The Balaban J connectivity index is 2.28. The Labute approximate surface area is 119 Å². The molecular weight excluding hydrogens is 260 g/mol. The van der Waals surface area contributed by atoms with Crippen LogP contribution in [0.2, 0.25) is 0 Å². The van der Waals surface area contributed by atoms with Crippen LogP contribution in [0, 0.1) is 0 Å². The van der Waals surface area contributed by atoms with E-state index < -0.39 is 6.29 Å². The predicted molar refractivity (Wildman–Crippen MR) is 74.4 cm³/mol. The molecule has 20 heavy (non-hydrogen) atoms. The van der Waals surface area contributed by atoms with Crippen LogP contribution in [0.4, 0.5) is 0 Å². The van der Waals surface area contributed by atoms with E-state index in [4.69, 9.17) is 14.2 Å². The second kappa shape index (κ2) is 9.34. The van der Waals surface area contributed by atoms with Gasteiger partial charge >= 0.3 is 5.97 Å². The largest absolute Gasteiger partial charge is 0.494 e. The van der Waals surface area contributed by atoms with Crippen molar-refractivity contribution in [1.29, 1.82) is 0 Å². The van der Waals surface area contributed by atoms with E-state index in [-0.39, 0.29) is 5.97 Å². The molecule has 0 spiro atoms. The van der Waals surface area contributed by atoms with Crippen LogP contribution in [0.25, 0.3) is 0 Å². The summed E-state index contributed by atoms with van der Waals surface area (Å²) >= 11 is 0. The van der Waals surface area contributed by atoms with E-state index in [0.29, 0.717) is 31.8 Å². The van der Waals surface area contributed by atoms with E-state index in [1.807, 2.05) is 6.92 Å². The minimum absolute atomic E-state index is 0.297. The highest BCUT2D eigenvalue weighted by Gasteiger charge is 2.07. The smallest absolute Gasteiger partial charge is 0.302 e. The van der Waals surface area contributed by atoms with Crippen molar-refractivity contribution in [3.63, 3.8) is 0 Å². The number of esters is 1. The number of carbonyl (C=O) groups excluding carboxylic acids is 1. The van der Waals surface area contributed by atoms with Gasteiger partial charge in [-0.25, -0.2) is 0 Å². The highest BCUT2D eigenvalue weighted by Crippen LogP contribution is 2.19. The quantitative estimate of drug-likeness (QED) is 0.428. The van der Waals surface area contributed by atoms with Gasteiger partial charge in [-0.05, 0) is 18.6 Å². The molecule has 0 aliphatic rings. The van der Waals surface area contributed by atoms with Crippen molar-refractivity contribution < 1.29 is 24.1 Å². The molecule has 0 saturated carbocycles. The SMILES string of the molecule is CCCOc1ccc(C(O)OCCCOC(C)=O)cc1. The number of hydrogen-bond donors (Lipinski definition) is 1. The van der Waals surface area contributed by atoms with Gasteiger partial charge in [-0.3, -0.25) is 4.79 Å². The number of rotatable bonds is 9. The summed E-state index contributed by atoms with van der Waals surface area (Å²) in [6, 6.07) is 7.14. The van der Waals surface area contributed by atoms with Gasteiger partial charge in [-0.15, -0.1) is 0 Å². The third kappa shape index (κ3) is 6.54. The normalized spacial score (nSPS) is 11.9. The maximum atomic E-state index is 10.5. The molecule has 0 amide bonds. The van der Waals surface area contributed by atoms with Crippen molar-refractivity contribution in [2.75, 3.05) is 19.8 Å². The maximum Gasteiger partial charge on any atom is 0.302 e. The number of hydrogen-bond acceptors (Lipinski definition) is 5. The van der Waals surface area contributed by atoms with Crippen LogP contribution in [-0.4, -0.2) is 30.9 Å². The molecule has 0 aliphatic carbocycles. The van der Waals surface area contributed by atoms with Crippen LogP contribution in [0.1, 0.15) is 38.5 Å². The van der Waals surface area contributed by atoms with Gasteiger partial charge in [-0.1, -0.05) is 19.1 Å². The average molecular weight is 282 g/mol. The number of ether oxygens (including phenoxy) is 3. The first-order valence-corrected chi connectivity index (χ1v) is 6.79. The van der Waals surface area contributed by atoms with E-state index in [0.717, 1.165) is 12.2 Å². The first-order chi connectivity index (χ1) is 9.63. The fourth-order valence-corrected chi connectivity index (χ4v) is 1.51. The van der Waals surface area contributed by atoms with Crippen molar-refractivity contribution in [2.24, 2.45) is 0 Å². The number of benzene rings is 1. The van der Waals surface area contributed by atoms with Crippen molar-refractivity contribution in [3.8, 4) is 5.75 Å². The Bertz CT molecular complexity index is 388. The van der Waals surface area contributed by atoms with Gasteiger partial charge in [0.25, 0.3) is 0 Å². The standard InChI is InChI=1S/C15H22O5/c1-3-9-19-14-7-5-13(6-8-14)15(17)20-11-4-10-18-12(2)16/h5-8,15,17H,3-4,9-11H2,1-2H3. The molecule has 0 heterocycles. The van der Waals surface area contributed by atoms with Gasteiger partial charge in [0.05, 0.1) is 19.8 Å². The zero-order chi connectivity index (χ0) is 14.8. The monoisotopic (exact) mass is 282 g/mol. The van der Waals surface area contributed by atoms with Crippen molar-refractivity contribution >= 4 is 5.97 Å². The molecule has 112 valence electrons. The molecular formula is C15H22O5. The molecule has 1 rings (SSSR count). The van der Waals surface area contributed by atoms with Crippen molar-refractivity contribution in [1.82, 2.24) is 0 Å². The summed E-state index contributed by atoms with van der Waals surface area (Å²) in [5.41, 5.74) is 0.668. The molecule has 1 N–H and O–H groups in total. The van der Waals surface area contributed by atoms with Crippen LogP contribution in [0.15, 0.2) is 24.3 Å². The lowest BCUT2D eigenvalue weighted by Crippen LogP contribution is -2.08. The molecule has 1 aromatic rings. The number of aliphatic hydroxyl groups is 1. The summed E-state index contributed by atoms with van der Waals surface area (Å²) in [4.78, 5) is 10.5. The minimum atomic E-state index is -0.979. The minimum Gasteiger partial charge on any atom is -0.494 e. The molecule has 1 aromatic carbocycles. The molecule has 0 fully saturated rings. The fraction of sp³-hybridized carbons (Fsp3) is 0.533. The number of carbonyl (C=O) groups is 1. The molecule has 0 radical (unpaired) electrons. The average Bonchev–Trinajstić information content (AvgIpc) is 2.44. The van der Waals surface area contributed by atoms with Crippen molar-refractivity contribution in [3.05, 3.63) is 29.8 Å². The molecule has 0 aromatic heterocycles. The molecule has 0 bridgehead atoms. The van der Waals surface area contributed by atoms with Crippen LogP contribution in [0.3, 0.4) is 0 Å². The van der Waals surface area contributed by atoms with Gasteiger partial charge in [0, 0.05) is 18.9 Å². The second-order valence-corrected chi connectivity index (χ2v) is 4.33. The predicted octanol–water partition coefficient (Wildman–Crippen LogP) is 2.44. The van der Waals surface area contributed by atoms with Gasteiger partial charge in [0.1, 0.15) is 5.75 Å². The highest BCUT2D eigenvalue weighted by molar-refractivity contribution is 5.65. The van der Waals surface area contributed by atoms with E-state index >= 15 is 0 Å².